The first-order valence-corrected chi connectivity index (χ1v) is 4.44. The summed E-state index contributed by atoms with van der Waals surface area (Å²) in [6, 6.07) is 0. The van der Waals surface area contributed by atoms with Crippen molar-refractivity contribution in [1.82, 2.24) is 0 Å². The van der Waals surface area contributed by atoms with Gasteiger partial charge in [0.05, 0.1) is 6.61 Å². The van der Waals surface area contributed by atoms with Gasteiger partial charge in [0.15, 0.2) is 5.78 Å². The van der Waals surface area contributed by atoms with Gasteiger partial charge in [-0.05, 0) is 26.7 Å². The average molecular weight is 186 g/mol. The second-order valence-corrected chi connectivity index (χ2v) is 3.32. The molecule has 1 aliphatic rings. The van der Waals surface area contributed by atoms with E-state index in [0.29, 0.717) is 0 Å². The minimum Gasteiger partial charge on any atom is -0.464 e. The molecule has 0 amide bonds. The number of aliphatic hydroxyl groups is 1. The average Bonchev–Trinajstić information content (AvgIpc) is 2.85. The van der Waals surface area contributed by atoms with Crippen molar-refractivity contribution in [1.29, 1.82) is 0 Å². The van der Waals surface area contributed by atoms with Crippen LogP contribution >= 0.6 is 0 Å². The van der Waals surface area contributed by atoms with Crippen LogP contribution in [0.1, 0.15) is 26.7 Å². The van der Waals surface area contributed by atoms with Gasteiger partial charge in [-0.1, -0.05) is 0 Å². The Morgan fingerprint density at radius 1 is 1.54 bits per heavy atom. The molecule has 4 heteroatoms. The highest BCUT2D eigenvalue weighted by atomic mass is 16.5. The fourth-order valence-corrected chi connectivity index (χ4v) is 1.34. The van der Waals surface area contributed by atoms with Crippen molar-refractivity contribution in [2.75, 3.05) is 6.61 Å². The van der Waals surface area contributed by atoms with Crippen molar-refractivity contribution < 1.29 is 19.4 Å². The van der Waals surface area contributed by atoms with Crippen LogP contribution in [0.5, 0.6) is 0 Å². The third kappa shape index (κ3) is 1.72. The molecule has 1 saturated carbocycles. The van der Waals surface area contributed by atoms with Crippen LogP contribution in [0.3, 0.4) is 0 Å². The summed E-state index contributed by atoms with van der Waals surface area (Å²) in [7, 11) is 0. The molecule has 0 aromatic carbocycles. The SMILES string of the molecule is CCOC(=O)C(O)(C(C)=O)C1CC1. The number of hydrogen-bond donors (Lipinski definition) is 1. The van der Waals surface area contributed by atoms with Crippen LogP contribution in [0.4, 0.5) is 0 Å². The van der Waals surface area contributed by atoms with Crippen LogP contribution in [0.25, 0.3) is 0 Å². The molecule has 1 fully saturated rings. The third-order valence-corrected chi connectivity index (χ3v) is 2.29. The molecule has 1 unspecified atom stereocenters. The predicted molar refractivity (Wildman–Crippen MR) is 45.0 cm³/mol. The van der Waals surface area contributed by atoms with E-state index in [9.17, 15) is 14.7 Å². The standard InChI is InChI=1S/C9H14O4/c1-3-13-8(11)9(12,6(2)10)7-4-5-7/h7,12H,3-5H2,1-2H3. The van der Waals surface area contributed by atoms with Gasteiger partial charge >= 0.3 is 5.97 Å². The molecule has 4 nitrogen and oxygen atoms in total. The fraction of sp³-hybridized carbons (Fsp3) is 0.778. The Bertz CT molecular complexity index is 232. The molecular weight excluding hydrogens is 172 g/mol. The lowest BCUT2D eigenvalue weighted by molar-refractivity contribution is -0.171. The Hall–Kier alpha value is -0.900. The summed E-state index contributed by atoms with van der Waals surface area (Å²) in [5.74, 6) is -1.55. The molecule has 0 aromatic rings. The Morgan fingerprint density at radius 3 is 2.38 bits per heavy atom. The van der Waals surface area contributed by atoms with Crippen LogP contribution in [0, 0.1) is 5.92 Å². The summed E-state index contributed by atoms with van der Waals surface area (Å²) >= 11 is 0. The lowest BCUT2D eigenvalue weighted by Crippen LogP contribution is -2.48. The van der Waals surface area contributed by atoms with Crippen molar-refractivity contribution in [2.45, 2.75) is 32.3 Å². The quantitative estimate of drug-likeness (QED) is 0.506. The summed E-state index contributed by atoms with van der Waals surface area (Å²) in [4.78, 5) is 22.4. The Kier molecular flexibility index (Phi) is 2.71. The monoisotopic (exact) mass is 186 g/mol. The second-order valence-electron chi connectivity index (χ2n) is 3.32. The zero-order chi connectivity index (χ0) is 10.1. The van der Waals surface area contributed by atoms with Gasteiger partial charge < -0.3 is 9.84 Å². The van der Waals surface area contributed by atoms with E-state index in [-0.39, 0.29) is 12.5 Å². The zero-order valence-corrected chi connectivity index (χ0v) is 7.87. The molecule has 0 radical (unpaired) electrons. The van der Waals surface area contributed by atoms with Crippen LogP contribution < -0.4 is 0 Å². The van der Waals surface area contributed by atoms with Gasteiger partial charge in [-0.3, -0.25) is 4.79 Å². The van der Waals surface area contributed by atoms with Crippen molar-refractivity contribution >= 4 is 11.8 Å². The van der Waals surface area contributed by atoms with E-state index in [1.807, 2.05) is 0 Å². The van der Waals surface area contributed by atoms with Crippen LogP contribution in [0.15, 0.2) is 0 Å². The number of carbonyl (C=O) groups is 2. The highest BCUT2D eigenvalue weighted by Gasteiger charge is 2.54. The molecule has 0 spiro atoms. The molecule has 0 heterocycles. The first-order chi connectivity index (χ1) is 6.03. The van der Waals surface area contributed by atoms with Gasteiger partial charge in [0.25, 0.3) is 0 Å². The van der Waals surface area contributed by atoms with E-state index in [1.165, 1.54) is 6.92 Å². The third-order valence-electron chi connectivity index (χ3n) is 2.29. The van der Waals surface area contributed by atoms with E-state index < -0.39 is 17.4 Å². The van der Waals surface area contributed by atoms with Crippen LogP contribution in [-0.2, 0) is 14.3 Å². The number of rotatable bonds is 4. The number of ketones is 1. The van der Waals surface area contributed by atoms with Gasteiger partial charge in [0, 0.05) is 5.92 Å². The summed E-state index contributed by atoms with van der Waals surface area (Å²) in [5.41, 5.74) is -1.88. The number of carbonyl (C=O) groups excluding carboxylic acids is 2. The molecule has 0 bridgehead atoms. The second kappa shape index (κ2) is 3.46. The van der Waals surface area contributed by atoms with Crippen molar-refractivity contribution in [2.24, 2.45) is 5.92 Å². The van der Waals surface area contributed by atoms with Gasteiger partial charge in [0.1, 0.15) is 0 Å². The van der Waals surface area contributed by atoms with Gasteiger partial charge in [0.2, 0.25) is 5.60 Å². The van der Waals surface area contributed by atoms with E-state index in [0.717, 1.165) is 12.8 Å². The molecule has 1 N–H and O–H groups in total. The molecule has 1 aliphatic carbocycles. The molecular formula is C9H14O4. The Labute approximate surface area is 76.9 Å². The normalized spacial score (nSPS) is 20.5. The van der Waals surface area contributed by atoms with Crippen molar-refractivity contribution in [3.8, 4) is 0 Å². The van der Waals surface area contributed by atoms with E-state index in [1.54, 1.807) is 6.92 Å². The van der Waals surface area contributed by atoms with E-state index >= 15 is 0 Å². The van der Waals surface area contributed by atoms with Gasteiger partial charge in [-0.2, -0.15) is 0 Å². The number of esters is 1. The minimum atomic E-state index is -1.88. The Balaban J connectivity index is 2.77. The predicted octanol–water partition coefficient (Wildman–Crippen LogP) is 0.280. The number of ether oxygens (including phenoxy) is 1. The maximum atomic E-state index is 11.3. The fourth-order valence-electron chi connectivity index (χ4n) is 1.34. The molecule has 0 saturated heterocycles. The Morgan fingerprint density at radius 2 is 2.08 bits per heavy atom. The first kappa shape index (κ1) is 10.2. The molecule has 74 valence electrons. The molecule has 1 atom stereocenters. The molecule has 1 rings (SSSR count). The molecule has 0 aromatic heterocycles. The highest BCUT2D eigenvalue weighted by Crippen LogP contribution is 2.40. The molecule has 13 heavy (non-hydrogen) atoms. The first-order valence-electron chi connectivity index (χ1n) is 4.44. The maximum Gasteiger partial charge on any atom is 0.346 e. The topological polar surface area (TPSA) is 63.6 Å². The zero-order valence-electron chi connectivity index (χ0n) is 7.87. The number of Topliss-reactive ketones (excluding diaryl/α,β-unsaturated/α-hetero) is 1. The van der Waals surface area contributed by atoms with E-state index in [2.05, 4.69) is 4.74 Å². The lowest BCUT2D eigenvalue weighted by Gasteiger charge is -2.22. The van der Waals surface area contributed by atoms with E-state index in [4.69, 9.17) is 0 Å². The molecule has 0 aliphatic heterocycles. The number of hydrogen-bond acceptors (Lipinski definition) is 4. The van der Waals surface area contributed by atoms with Crippen molar-refractivity contribution in [3.05, 3.63) is 0 Å². The summed E-state index contributed by atoms with van der Waals surface area (Å²) in [6.07, 6.45) is 1.43. The minimum absolute atomic E-state index is 0.182. The van der Waals surface area contributed by atoms with Crippen LogP contribution in [-0.4, -0.2) is 29.1 Å². The largest absolute Gasteiger partial charge is 0.464 e. The lowest BCUT2D eigenvalue weighted by atomic mass is 9.93. The van der Waals surface area contributed by atoms with Crippen LogP contribution in [0.2, 0.25) is 0 Å². The summed E-state index contributed by atoms with van der Waals surface area (Å²) in [6.45, 7) is 3.04. The highest BCUT2D eigenvalue weighted by molar-refractivity contribution is 6.06. The maximum absolute atomic E-state index is 11.3. The van der Waals surface area contributed by atoms with Gasteiger partial charge in [-0.15, -0.1) is 0 Å². The van der Waals surface area contributed by atoms with Gasteiger partial charge in [-0.25, -0.2) is 4.79 Å². The summed E-state index contributed by atoms with van der Waals surface area (Å²) < 4.78 is 4.66. The summed E-state index contributed by atoms with van der Waals surface area (Å²) in [5, 5.41) is 9.80. The smallest absolute Gasteiger partial charge is 0.346 e. The van der Waals surface area contributed by atoms with Crippen molar-refractivity contribution in [3.63, 3.8) is 0 Å².